The van der Waals surface area contributed by atoms with Crippen molar-refractivity contribution in [2.75, 3.05) is 13.2 Å². The second-order valence-corrected chi connectivity index (χ2v) is 8.17. The fraction of sp³-hybridized carbons (Fsp3) is 0.375. The van der Waals surface area contributed by atoms with E-state index in [2.05, 4.69) is 13.8 Å². The molecule has 0 aromatic heterocycles. The lowest BCUT2D eigenvalue weighted by Crippen LogP contribution is -2.19. The highest BCUT2D eigenvalue weighted by molar-refractivity contribution is 5.90. The van der Waals surface area contributed by atoms with E-state index in [1.165, 1.54) is 0 Å². The Labute approximate surface area is 170 Å². The number of phenolic OH excluding ortho intramolecular Hbond substituents is 1. The Morgan fingerprint density at radius 3 is 2.14 bits per heavy atom. The van der Waals surface area contributed by atoms with Crippen LogP contribution in [0, 0.1) is 0 Å². The molecule has 2 aliphatic rings. The van der Waals surface area contributed by atoms with Gasteiger partial charge in [-0.1, -0.05) is 44.2 Å². The van der Waals surface area contributed by atoms with Crippen LogP contribution in [0.2, 0.25) is 0 Å². The molecule has 152 valence electrons. The molecule has 4 rings (SSSR count). The van der Waals surface area contributed by atoms with Crippen LogP contribution in [0.5, 0.6) is 11.5 Å². The number of aromatic hydroxyl groups is 1. The van der Waals surface area contributed by atoms with Gasteiger partial charge in [0.2, 0.25) is 0 Å². The van der Waals surface area contributed by atoms with Gasteiger partial charge < -0.3 is 19.3 Å². The topological polar surface area (TPSA) is 71.6 Å². The highest BCUT2D eigenvalue weighted by Gasteiger charge is 2.29. The average molecular weight is 394 g/mol. The number of esters is 1. The van der Waals surface area contributed by atoms with Crippen LogP contribution < -0.4 is 4.74 Å². The molecule has 0 bridgehead atoms. The van der Waals surface area contributed by atoms with E-state index in [4.69, 9.17) is 14.2 Å². The first kappa shape index (κ1) is 19.7. The third-order valence-electron chi connectivity index (χ3n) is 5.52. The summed E-state index contributed by atoms with van der Waals surface area (Å²) in [5.41, 5.74) is 2.60. The lowest BCUT2D eigenvalue weighted by Gasteiger charge is -2.26. The molecular weight excluding hydrogens is 368 g/mol. The summed E-state index contributed by atoms with van der Waals surface area (Å²) >= 11 is 0. The summed E-state index contributed by atoms with van der Waals surface area (Å²) < 4.78 is 16.1. The molecule has 0 saturated carbocycles. The lowest BCUT2D eigenvalue weighted by molar-refractivity contribution is -0.130. The van der Waals surface area contributed by atoms with Crippen LogP contribution in [0.3, 0.4) is 0 Å². The number of hydrogen-bond acceptors (Lipinski definition) is 5. The fourth-order valence-electron chi connectivity index (χ4n) is 3.32. The SMILES string of the molecule is CC(C)(c1ccc(O)cc1)c1ccc(OC(=O)C(=CCC2CO2)CC2CO2)cc1. The summed E-state index contributed by atoms with van der Waals surface area (Å²) in [5, 5.41) is 9.52. The number of hydrogen-bond donors (Lipinski definition) is 1. The molecule has 2 aliphatic heterocycles. The van der Waals surface area contributed by atoms with Crippen LogP contribution in [0.25, 0.3) is 0 Å². The largest absolute Gasteiger partial charge is 0.508 e. The molecule has 5 heteroatoms. The van der Waals surface area contributed by atoms with Crippen LogP contribution in [-0.2, 0) is 19.7 Å². The number of carbonyl (C=O) groups is 1. The van der Waals surface area contributed by atoms with E-state index in [1.54, 1.807) is 12.1 Å². The molecule has 0 spiro atoms. The molecular formula is C24H26O5. The summed E-state index contributed by atoms with van der Waals surface area (Å²) in [6.07, 6.45) is 3.60. The molecule has 2 heterocycles. The second kappa shape index (κ2) is 8.01. The van der Waals surface area contributed by atoms with Crippen molar-refractivity contribution < 1.29 is 24.1 Å². The molecule has 5 nitrogen and oxygen atoms in total. The van der Waals surface area contributed by atoms with Gasteiger partial charge >= 0.3 is 5.97 Å². The van der Waals surface area contributed by atoms with Crippen molar-refractivity contribution in [2.45, 2.75) is 44.3 Å². The van der Waals surface area contributed by atoms with Crippen molar-refractivity contribution in [3.05, 3.63) is 71.3 Å². The first-order valence-corrected chi connectivity index (χ1v) is 9.96. The molecule has 29 heavy (non-hydrogen) atoms. The third kappa shape index (κ3) is 5.05. The summed E-state index contributed by atoms with van der Waals surface area (Å²) in [7, 11) is 0. The Morgan fingerprint density at radius 2 is 1.59 bits per heavy atom. The van der Waals surface area contributed by atoms with Crippen molar-refractivity contribution in [3.63, 3.8) is 0 Å². The summed E-state index contributed by atoms with van der Waals surface area (Å²) in [6, 6.07) is 14.8. The highest BCUT2D eigenvalue weighted by atomic mass is 16.6. The van der Waals surface area contributed by atoms with E-state index in [-0.39, 0.29) is 29.3 Å². The second-order valence-electron chi connectivity index (χ2n) is 8.17. The molecule has 2 aromatic carbocycles. The van der Waals surface area contributed by atoms with E-state index in [0.29, 0.717) is 24.4 Å². The molecule has 0 aliphatic carbocycles. The Hall–Kier alpha value is -2.63. The molecule has 2 atom stereocenters. The molecule has 2 unspecified atom stereocenters. The van der Waals surface area contributed by atoms with E-state index in [0.717, 1.165) is 24.2 Å². The van der Waals surface area contributed by atoms with Gasteiger partial charge in [-0.15, -0.1) is 0 Å². The maximum Gasteiger partial charge on any atom is 0.339 e. The Kier molecular flexibility index (Phi) is 5.43. The van der Waals surface area contributed by atoms with E-state index in [1.807, 2.05) is 42.5 Å². The van der Waals surface area contributed by atoms with Crippen LogP contribution in [0.1, 0.15) is 37.8 Å². The van der Waals surface area contributed by atoms with Crippen molar-refractivity contribution in [2.24, 2.45) is 0 Å². The normalized spacial score (nSPS) is 21.0. The minimum Gasteiger partial charge on any atom is -0.508 e. The van der Waals surface area contributed by atoms with Crippen molar-refractivity contribution in [1.29, 1.82) is 0 Å². The quantitative estimate of drug-likeness (QED) is 0.315. The van der Waals surface area contributed by atoms with E-state index >= 15 is 0 Å². The van der Waals surface area contributed by atoms with Gasteiger partial charge in [0.1, 0.15) is 11.5 Å². The first-order chi connectivity index (χ1) is 13.9. The summed E-state index contributed by atoms with van der Waals surface area (Å²) in [4.78, 5) is 12.6. The lowest BCUT2D eigenvalue weighted by atomic mass is 9.78. The predicted molar refractivity (Wildman–Crippen MR) is 109 cm³/mol. The fourth-order valence-corrected chi connectivity index (χ4v) is 3.32. The van der Waals surface area contributed by atoms with Crippen LogP contribution in [-0.4, -0.2) is 36.5 Å². The molecule has 2 aromatic rings. The Morgan fingerprint density at radius 1 is 1.03 bits per heavy atom. The zero-order valence-corrected chi connectivity index (χ0v) is 16.8. The minimum atomic E-state index is -0.327. The van der Waals surface area contributed by atoms with Gasteiger partial charge in [0.05, 0.1) is 25.4 Å². The zero-order chi connectivity index (χ0) is 20.4. The molecule has 0 radical (unpaired) electrons. The van der Waals surface area contributed by atoms with Crippen LogP contribution >= 0.6 is 0 Å². The van der Waals surface area contributed by atoms with Gasteiger partial charge in [0, 0.05) is 17.4 Å². The molecule has 2 fully saturated rings. The molecule has 0 amide bonds. The first-order valence-electron chi connectivity index (χ1n) is 9.96. The molecule has 2 saturated heterocycles. The summed E-state index contributed by atoms with van der Waals surface area (Å²) in [6.45, 7) is 5.70. The Bertz CT molecular complexity index is 888. The van der Waals surface area contributed by atoms with Gasteiger partial charge in [0.15, 0.2) is 0 Å². The standard InChI is InChI=1S/C24H26O5/c1-24(2,17-4-8-19(25)9-5-17)18-6-11-20(12-7-18)29-23(26)16(13-22-15-28-22)3-10-21-14-27-21/h3-9,11-12,21-22,25H,10,13-15H2,1-2H3. The number of carbonyl (C=O) groups excluding carboxylic acids is 1. The number of benzene rings is 2. The maximum absolute atomic E-state index is 12.6. The van der Waals surface area contributed by atoms with Gasteiger partial charge in [-0.2, -0.15) is 0 Å². The predicted octanol–water partition coefficient (Wildman–Crippen LogP) is 4.13. The van der Waals surface area contributed by atoms with Crippen LogP contribution in [0.4, 0.5) is 0 Å². The average Bonchev–Trinajstić information content (AvgIpc) is 3.61. The van der Waals surface area contributed by atoms with Crippen molar-refractivity contribution in [3.8, 4) is 11.5 Å². The monoisotopic (exact) mass is 394 g/mol. The van der Waals surface area contributed by atoms with Gasteiger partial charge in [-0.3, -0.25) is 0 Å². The van der Waals surface area contributed by atoms with Gasteiger partial charge in [-0.25, -0.2) is 4.79 Å². The minimum absolute atomic E-state index is 0.127. The van der Waals surface area contributed by atoms with E-state index in [9.17, 15) is 9.90 Å². The summed E-state index contributed by atoms with van der Waals surface area (Å²) in [5.74, 6) is 0.442. The number of epoxide rings is 2. The number of phenols is 1. The number of rotatable bonds is 8. The van der Waals surface area contributed by atoms with Crippen molar-refractivity contribution >= 4 is 5.97 Å². The third-order valence-corrected chi connectivity index (χ3v) is 5.52. The zero-order valence-electron chi connectivity index (χ0n) is 16.8. The highest BCUT2D eigenvalue weighted by Crippen LogP contribution is 2.33. The smallest absolute Gasteiger partial charge is 0.339 e. The van der Waals surface area contributed by atoms with Crippen molar-refractivity contribution in [1.82, 2.24) is 0 Å². The van der Waals surface area contributed by atoms with E-state index < -0.39 is 0 Å². The van der Waals surface area contributed by atoms with Gasteiger partial charge in [0.25, 0.3) is 0 Å². The maximum atomic E-state index is 12.6. The van der Waals surface area contributed by atoms with Gasteiger partial charge in [-0.05, 0) is 41.8 Å². The molecule has 1 N–H and O–H groups in total. The Balaban J connectivity index is 1.44. The van der Waals surface area contributed by atoms with Crippen LogP contribution in [0.15, 0.2) is 60.2 Å². The number of ether oxygens (including phenoxy) is 3.